The van der Waals surface area contributed by atoms with E-state index in [2.05, 4.69) is 16.9 Å². The molecule has 21 heavy (non-hydrogen) atoms. The van der Waals surface area contributed by atoms with E-state index in [1.807, 2.05) is 24.3 Å². The summed E-state index contributed by atoms with van der Waals surface area (Å²) in [6, 6.07) is 9.22. The molecule has 0 bridgehead atoms. The van der Waals surface area contributed by atoms with E-state index < -0.39 is 5.85 Å². The van der Waals surface area contributed by atoms with Gasteiger partial charge in [-0.3, -0.25) is 9.88 Å². The molecule has 0 saturated carbocycles. The van der Waals surface area contributed by atoms with Crippen molar-refractivity contribution in [3.05, 3.63) is 60.7 Å². The Hall–Kier alpha value is -2.41. The molecule has 0 spiro atoms. The van der Waals surface area contributed by atoms with Gasteiger partial charge in [0.15, 0.2) is 5.69 Å². The van der Waals surface area contributed by atoms with Crippen molar-refractivity contribution in [2.45, 2.75) is 12.8 Å². The zero-order chi connectivity index (χ0) is 15.0. The van der Waals surface area contributed by atoms with Crippen molar-refractivity contribution in [2.75, 3.05) is 10.2 Å². The number of rotatable bonds is 3. The molecule has 1 aromatic heterocycles. The predicted octanol–water partition coefficient (Wildman–Crippen LogP) is 1.47. The van der Waals surface area contributed by atoms with Crippen LogP contribution in [0.5, 0.6) is 0 Å². The summed E-state index contributed by atoms with van der Waals surface area (Å²) in [4.78, 5) is 5.67. The number of benzene rings is 1. The zero-order valence-corrected chi connectivity index (χ0v) is 11.6. The Balaban J connectivity index is 2.18. The third-order valence-electron chi connectivity index (χ3n) is 3.44. The third-order valence-corrected chi connectivity index (χ3v) is 3.44. The predicted molar refractivity (Wildman–Crippen MR) is 81.3 cm³/mol. The molecular formula is C15H16N4O2. The third kappa shape index (κ3) is 2.15. The van der Waals surface area contributed by atoms with Crippen molar-refractivity contribution >= 4 is 22.7 Å². The highest BCUT2D eigenvalue weighted by atomic mass is 16.5. The summed E-state index contributed by atoms with van der Waals surface area (Å²) in [6.45, 7) is 5.15. The van der Waals surface area contributed by atoms with Crippen LogP contribution >= 0.6 is 0 Å². The molecule has 1 aliphatic heterocycles. The first-order valence-corrected chi connectivity index (χ1v) is 6.55. The molecule has 6 nitrogen and oxygen atoms in total. The zero-order valence-electron chi connectivity index (χ0n) is 11.6. The van der Waals surface area contributed by atoms with Crippen LogP contribution in [0.3, 0.4) is 0 Å². The molecule has 2 aromatic rings. The van der Waals surface area contributed by atoms with E-state index in [0.717, 1.165) is 11.4 Å². The van der Waals surface area contributed by atoms with Crippen LogP contribution in [0, 0.1) is 5.21 Å². The van der Waals surface area contributed by atoms with Gasteiger partial charge in [0.25, 0.3) is 0 Å². The monoisotopic (exact) mass is 284 g/mol. The summed E-state index contributed by atoms with van der Waals surface area (Å²) >= 11 is 0. The highest BCUT2D eigenvalue weighted by Gasteiger charge is 2.40. The summed E-state index contributed by atoms with van der Waals surface area (Å²) in [6.07, 6.45) is 4.31. The Morgan fingerprint density at radius 2 is 2.14 bits per heavy atom. The molecule has 1 aromatic carbocycles. The van der Waals surface area contributed by atoms with E-state index in [0.29, 0.717) is 11.4 Å². The normalized spacial score (nSPS) is 21.6. The van der Waals surface area contributed by atoms with Crippen LogP contribution in [0.1, 0.15) is 6.92 Å². The topological polar surface area (TPSA) is 75.9 Å². The van der Waals surface area contributed by atoms with Crippen LogP contribution in [0.4, 0.5) is 22.7 Å². The van der Waals surface area contributed by atoms with Crippen molar-refractivity contribution in [1.82, 2.24) is 4.98 Å². The summed E-state index contributed by atoms with van der Waals surface area (Å²) in [5, 5.41) is 25.5. The molecule has 1 aliphatic rings. The number of fused-ring (bicyclic) bond motifs is 1. The number of nitrogens with zero attached hydrogens (tertiary/aromatic N) is 2. The second-order valence-electron chi connectivity index (χ2n) is 4.96. The van der Waals surface area contributed by atoms with Crippen LogP contribution in [0.25, 0.3) is 0 Å². The molecule has 6 heteroatoms. The molecule has 0 amide bonds. The highest BCUT2D eigenvalue weighted by molar-refractivity contribution is 5.86. The number of anilines is 3. The Labute approximate surface area is 122 Å². The Morgan fingerprint density at radius 3 is 2.90 bits per heavy atom. The molecule has 0 aliphatic carbocycles. The number of quaternary nitrogens is 1. The van der Waals surface area contributed by atoms with Gasteiger partial charge in [-0.2, -0.15) is 0 Å². The minimum absolute atomic E-state index is 0.238. The smallest absolute Gasteiger partial charge is 0.218 e. The van der Waals surface area contributed by atoms with Gasteiger partial charge < -0.3 is 20.7 Å². The van der Waals surface area contributed by atoms with Gasteiger partial charge in [-0.25, -0.2) is 0 Å². The van der Waals surface area contributed by atoms with Gasteiger partial charge in [-0.05, 0) is 24.8 Å². The number of nitrogens with one attached hydrogen (secondary N) is 2. The first kappa shape index (κ1) is 13.6. The molecule has 0 saturated heterocycles. The van der Waals surface area contributed by atoms with Crippen LogP contribution in [-0.4, -0.2) is 15.9 Å². The van der Waals surface area contributed by atoms with Crippen LogP contribution < -0.4 is 15.3 Å². The van der Waals surface area contributed by atoms with E-state index in [4.69, 9.17) is 0 Å². The molecule has 2 heterocycles. The number of pyridine rings is 1. The fraction of sp³-hybridized carbons (Fsp3) is 0.133. The molecule has 3 rings (SSSR count). The molecule has 0 fully saturated rings. The van der Waals surface area contributed by atoms with Gasteiger partial charge in [-0.15, -0.1) is 0 Å². The van der Waals surface area contributed by atoms with E-state index >= 15 is 0 Å². The number of hydrogen-bond donors (Lipinski definition) is 3. The molecular weight excluding hydrogens is 268 g/mol. The number of aliphatic hydroxyl groups is 1. The van der Waals surface area contributed by atoms with Crippen LogP contribution in [-0.2, 0) is 0 Å². The summed E-state index contributed by atoms with van der Waals surface area (Å²) in [5.41, 5.74) is 2.58. The fourth-order valence-corrected chi connectivity index (χ4v) is 2.57. The highest BCUT2D eigenvalue weighted by Crippen LogP contribution is 2.44. The average Bonchev–Trinajstić information content (AvgIpc) is 2.76. The lowest BCUT2D eigenvalue weighted by atomic mass is 10.2. The fourth-order valence-electron chi connectivity index (χ4n) is 2.57. The number of aromatic nitrogens is 1. The largest absolute Gasteiger partial charge is 0.624 e. The SMILES string of the molecule is C=C[NH+]([O-])c1cnccc1N1c2ccccc2NC1(C)O. The second kappa shape index (κ2) is 4.85. The summed E-state index contributed by atoms with van der Waals surface area (Å²) < 4.78 is 0. The molecule has 2 atom stereocenters. The number of para-hydroxylation sites is 2. The van der Waals surface area contributed by atoms with Crippen LogP contribution in [0.2, 0.25) is 0 Å². The Kier molecular flexibility index (Phi) is 3.13. The van der Waals surface area contributed by atoms with Crippen molar-refractivity contribution in [3.63, 3.8) is 0 Å². The van der Waals surface area contributed by atoms with Gasteiger partial charge in [0, 0.05) is 13.1 Å². The summed E-state index contributed by atoms with van der Waals surface area (Å²) in [5.74, 6) is -1.33. The Morgan fingerprint density at radius 1 is 1.38 bits per heavy atom. The van der Waals surface area contributed by atoms with Crippen molar-refractivity contribution < 1.29 is 10.2 Å². The average molecular weight is 284 g/mol. The number of hydroxylamine groups is 1. The van der Waals surface area contributed by atoms with Crippen molar-refractivity contribution in [3.8, 4) is 0 Å². The van der Waals surface area contributed by atoms with Crippen LogP contribution in [0.15, 0.2) is 55.5 Å². The van der Waals surface area contributed by atoms with Crippen molar-refractivity contribution in [1.29, 1.82) is 0 Å². The second-order valence-corrected chi connectivity index (χ2v) is 4.96. The minimum Gasteiger partial charge on any atom is -0.624 e. The standard InChI is InChI=1S/C15H16N4O2/c1-3-18(21)14-10-16-9-8-13(14)19-12-7-5-4-6-11(12)17-15(19,2)20/h3-10,17-18,20H,1H2,2H3. The van der Waals surface area contributed by atoms with Gasteiger partial charge in [0.05, 0.1) is 23.8 Å². The maximum atomic E-state index is 12.0. The van der Waals surface area contributed by atoms with Crippen molar-refractivity contribution in [2.24, 2.45) is 0 Å². The molecule has 108 valence electrons. The van der Waals surface area contributed by atoms with Gasteiger partial charge in [0.2, 0.25) is 5.85 Å². The maximum absolute atomic E-state index is 12.0. The van der Waals surface area contributed by atoms with Gasteiger partial charge in [-0.1, -0.05) is 12.1 Å². The molecule has 3 N–H and O–H groups in total. The van der Waals surface area contributed by atoms with E-state index in [9.17, 15) is 10.3 Å². The first-order valence-electron chi connectivity index (χ1n) is 6.55. The first-order chi connectivity index (χ1) is 10.0. The molecule has 0 radical (unpaired) electrons. The van der Waals surface area contributed by atoms with Gasteiger partial charge in [0.1, 0.15) is 5.69 Å². The van der Waals surface area contributed by atoms with Gasteiger partial charge >= 0.3 is 0 Å². The molecule has 2 unspecified atom stereocenters. The van der Waals surface area contributed by atoms with E-state index in [-0.39, 0.29) is 5.06 Å². The lowest BCUT2D eigenvalue weighted by molar-refractivity contribution is -0.713. The lowest BCUT2D eigenvalue weighted by Gasteiger charge is -2.33. The Bertz CT molecular complexity index is 687. The van der Waals surface area contributed by atoms with E-state index in [1.165, 1.54) is 12.4 Å². The summed E-state index contributed by atoms with van der Waals surface area (Å²) in [7, 11) is 0. The van der Waals surface area contributed by atoms with E-state index in [1.54, 1.807) is 24.1 Å². The quantitative estimate of drug-likeness (QED) is 0.744. The maximum Gasteiger partial charge on any atom is 0.218 e. The number of hydrogen-bond acceptors (Lipinski definition) is 5. The lowest BCUT2D eigenvalue weighted by Crippen LogP contribution is -2.96. The minimum atomic E-state index is -1.33.